The van der Waals surface area contributed by atoms with Crippen LogP contribution in [0.15, 0.2) is 255 Å². The predicted octanol–water partition coefficient (Wildman–Crippen LogP) is 14.2. The minimum Gasteiger partial charge on any atom is -0.463 e. The SMILES string of the molecule is C=CCO[C@@H]1O[C@@H](C)[C@H](OCc2ccccc2)[C@@H](O[C@@H]2O[C@@H](C)[C@H](OCc3ccccc3)[C@@H](COCc3ccccc3)[C@H]2O[C@@H]2O[C@@H](C)[C@H](OCc3ccccc3)[C@@H](O[C@@H]3O[C@@H](COCc4ccccc4)[C@H](OCc4ccccc4)[C@@H](OCc4ccccc4)[C@H]3OCc3ccccc3)[C@H]2O[C@@H]2O[C@H](COC(C)=O)[C@@H](OC(C)=O)[C@H](OC(C)=O)[C@H]2NC(=O)C(Cl)(Cl)Cl)[C@H]1OC(C)=O. The van der Waals surface area contributed by atoms with Gasteiger partial charge < -0.3 is 110 Å². The summed E-state index contributed by atoms with van der Waals surface area (Å²) in [5.74, 6) is -5.79. The number of carbonyl (C=O) groups is 5. The molecule has 702 valence electrons. The summed E-state index contributed by atoms with van der Waals surface area (Å²) in [5.41, 5.74) is 6.30. The van der Waals surface area contributed by atoms with Crippen molar-refractivity contribution in [2.75, 3.05) is 26.4 Å². The molecule has 0 saturated carbocycles. The van der Waals surface area contributed by atoms with Crippen molar-refractivity contribution < 1.29 is 128 Å². The molecule has 0 bridgehead atoms. The second-order valence-electron chi connectivity index (χ2n) is 32.5. The van der Waals surface area contributed by atoms with Gasteiger partial charge in [-0.15, -0.1) is 6.58 Å². The smallest absolute Gasteiger partial charge is 0.303 e. The third-order valence-electron chi connectivity index (χ3n) is 22.6. The van der Waals surface area contributed by atoms with Crippen molar-refractivity contribution in [3.05, 3.63) is 300 Å². The van der Waals surface area contributed by atoms with Crippen LogP contribution in [0.5, 0.6) is 0 Å². The van der Waals surface area contributed by atoms with Gasteiger partial charge in [-0.2, -0.15) is 0 Å². The van der Waals surface area contributed by atoms with E-state index < -0.39 is 193 Å². The van der Waals surface area contributed by atoms with Crippen LogP contribution in [0.1, 0.15) is 93.0 Å². The molecule has 131 heavy (non-hydrogen) atoms. The molecule has 25 atom stereocenters. The van der Waals surface area contributed by atoms with Crippen molar-refractivity contribution in [3.63, 3.8) is 0 Å². The molecule has 5 saturated heterocycles. The van der Waals surface area contributed by atoms with Crippen LogP contribution in [-0.2, 0) is 181 Å². The molecule has 8 aromatic rings. The second kappa shape index (κ2) is 49.8. The van der Waals surface area contributed by atoms with Gasteiger partial charge in [0.15, 0.2) is 49.8 Å². The van der Waals surface area contributed by atoms with Crippen LogP contribution < -0.4 is 5.32 Å². The number of esters is 4. The first-order valence-corrected chi connectivity index (χ1v) is 44.9. The largest absolute Gasteiger partial charge is 0.463 e. The Morgan fingerprint density at radius 2 is 0.641 bits per heavy atom. The Morgan fingerprint density at radius 3 is 1.06 bits per heavy atom. The molecular weight excluding hydrogens is 1750 g/mol. The fraction of sp³-hybridized carbons (Fsp3) is 0.450. The van der Waals surface area contributed by atoms with Gasteiger partial charge in [-0.3, -0.25) is 24.0 Å². The van der Waals surface area contributed by atoms with E-state index in [2.05, 4.69) is 11.9 Å². The fourth-order valence-corrected chi connectivity index (χ4v) is 16.6. The number of halogens is 3. The van der Waals surface area contributed by atoms with Crippen molar-refractivity contribution >= 4 is 64.6 Å². The van der Waals surface area contributed by atoms with Crippen LogP contribution in [0.2, 0.25) is 0 Å². The number of carbonyl (C=O) groups excluding carboxylic acids is 5. The molecular formula is C100H114Cl3NO27. The number of hydrogen-bond donors (Lipinski definition) is 1. The van der Waals surface area contributed by atoms with Crippen molar-refractivity contribution in [3.8, 4) is 0 Å². The van der Waals surface area contributed by atoms with E-state index in [0.717, 1.165) is 59.7 Å². The Balaban J connectivity index is 1.04. The maximum Gasteiger partial charge on any atom is 0.303 e. The highest BCUT2D eigenvalue weighted by molar-refractivity contribution is 6.76. The first kappa shape index (κ1) is 99.5. The lowest BCUT2D eigenvalue weighted by Gasteiger charge is -2.53. The molecule has 1 N–H and O–H groups in total. The van der Waals surface area contributed by atoms with Gasteiger partial charge in [0.25, 0.3) is 9.70 Å². The van der Waals surface area contributed by atoms with Crippen LogP contribution in [-0.4, -0.2) is 207 Å². The van der Waals surface area contributed by atoms with E-state index in [-0.39, 0.29) is 72.7 Å². The summed E-state index contributed by atoms with van der Waals surface area (Å²) in [6.45, 7) is 12.8. The topological polar surface area (TPSA) is 300 Å². The van der Waals surface area contributed by atoms with E-state index in [4.69, 9.17) is 139 Å². The highest BCUT2D eigenvalue weighted by atomic mass is 35.6. The number of nitrogens with one attached hydrogen (secondary N) is 1. The van der Waals surface area contributed by atoms with Gasteiger partial charge in [-0.1, -0.05) is 284 Å². The highest BCUT2D eigenvalue weighted by Gasteiger charge is 2.61. The number of amides is 1. The van der Waals surface area contributed by atoms with Gasteiger partial charge in [0.05, 0.1) is 97.1 Å². The number of alkyl halides is 3. The Kier molecular flexibility index (Phi) is 37.8. The first-order chi connectivity index (χ1) is 63.5. The molecule has 5 aliphatic rings. The van der Waals surface area contributed by atoms with Gasteiger partial charge in [-0.05, 0) is 65.3 Å². The van der Waals surface area contributed by atoms with Crippen molar-refractivity contribution in [1.82, 2.24) is 5.32 Å². The summed E-state index contributed by atoms with van der Waals surface area (Å²) in [4.78, 5) is 69.4. The molecule has 5 heterocycles. The average Bonchev–Trinajstić information content (AvgIpc) is 0.751. The zero-order valence-corrected chi connectivity index (χ0v) is 76.2. The molecule has 0 radical (unpaired) electrons. The fourth-order valence-electron chi connectivity index (χ4n) is 16.5. The highest BCUT2D eigenvalue weighted by Crippen LogP contribution is 2.44. The Labute approximate surface area is 778 Å². The summed E-state index contributed by atoms with van der Waals surface area (Å²) < 4.78 is 152. The molecule has 5 fully saturated rings. The van der Waals surface area contributed by atoms with Crippen LogP contribution >= 0.6 is 34.8 Å². The molecule has 5 aliphatic heterocycles. The van der Waals surface area contributed by atoms with E-state index in [1.165, 1.54) is 13.0 Å². The molecule has 31 heteroatoms. The molecule has 0 aliphatic carbocycles. The van der Waals surface area contributed by atoms with E-state index in [1.54, 1.807) is 13.8 Å². The third kappa shape index (κ3) is 28.8. The predicted molar refractivity (Wildman–Crippen MR) is 477 cm³/mol. The third-order valence-corrected chi connectivity index (χ3v) is 23.1. The summed E-state index contributed by atoms with van der Waals surface area (Å²) in [5, 5.41) is 2.69. The lowest BCUT2D eigenvalue weighted by Crippen LogP contribution is -2.71. The first-order valence-electron chi connectivity index (χ1n) is 43.8. The Morgan fingerprint density at radius 1 is 0.321 bits per heavy atom. The molecule has 13 rings (SSSR count). The summed E-state index contributed by atoms with van der Waals surface area (Å²) in [6.07, 6.45) is -31.3. The van der Waals surface area contributed by atoms with Gasteiger partial charge in [0.1, 0.15) is 79.8 Å². The number of ether oxygens (including phenoxy) is 22. The minimum absolute atomic E-state index is 0.00602. The summed E-state index contributed by atoms with van der Waals surface area (Å²) in [7, 11) is 0. The number of benzene rings is 8. The average molecular weight is 1870 g/mol. The number of hydrogen-bond acceptors (Lipinski definition) is 27. The van der Waals surface area contributed by atoms with Crippen LogP contribution in [0.3, 0.4) is 0 Å². The maximum atomic E-state index is 14.8. The normalized spacial score (nSPS) is 29.1. The van der Waals surface area contributed by atoms with Crippen LogP contribution in [0, 0.1) is 5.92 Å². The lowest BCUT2D eigenvalue weighted by atomic mass is 9.88. The molecule has 0 spiro atoms. The Bertz CT molecular complexity index is 4780. The maximum absolute atomic E-state index is 14.8. The zero-order valence-electron chi connectivity index (χ0n) is 74.0. The van der Waals surface area contributed by atoms with E-state index >= 15 is 0 Å². The van der Waals surface area contributed by atoms with Crippen LogP contribution in [0.25, 0.3) is 0 Å². The summed E-state index contributed by atoms with van der Waals surface area (Å²) in [6, 6.07) is 74.1. The molecule has 28 nitrogen and oxygen atoms in total. The molecule has 8 aromatic carbocycles. The quantitative estimate of drug-likeness (QED) is 0.0161. The van der Waals surface area contributed by atoms with Crippen LogP contribution in [0.4, 0.5) is 0 Å². The van der Waals surface area contributed by atoms with Crippen molar-refractivity contribution in [2.45, 2.75) is 252 Å². The number of rotatable bonds is 43. The van der Waals surface area contributed by atoms with Gasteiger partial charge in [-0.25, -0.2) is 0 Å². The van der Waals surface area contributed by atoms with E-state index in [1.807, 2.05) is 250 Å². The summed E-state index contributed by atoms with van der Waals surface area (Å²) >= 11 is 19.6. The van der Waals surface area contributed by atoms with Crippen molar-refractivity contribution in [2.24, 2.45) is 5.92 Å². The van der Waals surface area contributed by atoms with Crippen molar-refractivity contribution in [1.29, 1.82) is 0 Å². The molecule has 0 unspecified atom stereocenters. The minimum atomic E-state index is -2.78. The van der Waals surface area contributed by atoms with Gasteiger partial charge in [0, 0.05) is 33.6 Å². The lowest BCUT2D eigenvalue weighted by molar-refractivity contribution is -0.413. The molecule has 1 amide bonds. The second-order valence-corrected chi connectivity index (χ2v) is 34.8. The van der Waals surface area contributed by atoms with Gasteiger partial charge >= 0.3 is 23.9 Å². The van der Waals surface area contributed by atoms with Gasteiger partial charge in [0.2, 0.25) is 0 Å². The van der Waals surface area contributed by atoms with E-state index in [9.17, 15) is 24.0 Å². The molecule has 0 aromatic heterocycles. The Hall–Kier alpha value is -9.00. The monoisotopic (exact) mass is 1870 g/mol. The zero-order chi connectivity index (χ0) is 92.2. The van der Waals surface area contributed by atoms with E-state index in [0.29, 0.717) is 5.56 Å². The standard InChI is InChI=1S/C100H114Cl3NO27/c1-9-50-112-95-92(125-68(8)108)89(82(63(3)120-95)115-54-72-40-24-13-25-41-72)129-96-84(77(59-110-51-69-34-18-10-19-35-69)81(62(2)121-96)114-53-71-38-22-12-23-39-71)128-98-93(131-94-80(104-99(109)100(101,102)103)87(124-67(7)107)86(123-66(6)106)79(126-94)61-113-65(5)105)90(83(64(4)122-98)116-55-73-42-26-14-27-43-73)130-97-91(119-58-76-48-32-17-33-49-76)88(118-57-75-46-30-16-31-47-75)85(117-56-74-44-28-15-29-45-74)78(127-97)60-111-52-70-36-20-11-21-37-70/h9-49,62-64,77-98H,1,50-61H2,2-8H3,(H,104,109)/t62-,63-,64-,77+,78-,79+,80+,81-,82-,83-,84+,85-,86+,87+,88+,89+,90+,91+,92+,93+,94-,95+,96-,97-,98-/m0/s1.